The van der Waals surface area contributed by atoms with Gasteiger partial charge in [-0.2, -0.15) is 13.2 Å². The maximum absolute atomic E-state index is 12.7. The van der Waals surface area contributed by atoms with Crippen LogP contribution in [0.25, 0.3) is 10.3 Å². The average molecular weight is 480 g/mol. The second kappa shape index (κ2) is 8.02. The third-order valence-electron chi connectivity index (χ3n) is 4.64. The van der Waals surface area contributed by atoms with Gasteiger partial charge in [0.25, 0.3) is 9.84 Å². The maximum atomic E-state index is 12.7. The van der Waals surface area contributed by atoms with Crippen molar-refractivity contribution >= 4 is 53.8 Å². The molecule has 0 amide bonds. The van der Waals surface area contributed by atoms with Crippen molar-refractivity contribution in [3.63, 3.8) is 0 Å². The van der Waals surface area contributed by atoms with E-state index in [0.717, 1.165) is 28.9 Å². The fourth-order valence-corrected chi connectivity index (χ4v) is 4.58. The van der Waals surface area contributed by atoms with E-state index in [1.54, 1.807) is 0 Å². The van der Waals surface area contributed by atoms with Crippen LogP contribution in [0.3, 0.4) is 0 Å². The van der Waals surface area contributed by atoms with E-state index in [9.17, 15) is 21.6 Å². The van der Waals surface area contributed by atoms with Gasteiger partial charge in [0.05, 0.1) is 4.90 Å². The lowest BCUT2D eigenvalue weighted by atomic mass is 10.1. The summed E-state index contributed by atoms with van der Waals surface area (Å²) < 4.78 is 61.2. The monoisotopic (exact) mass is 479 g/mol. The summed E-state index contributed by atoms with van der Waals surface area (Å²) in [4.78, 5) is 12.7. The predicted molar refractivity (Wildman–Crippen MR) is 117 cm³/mol. The molecule has 2 N–H and O–H groups in total. The van der Waals surface area contributed by atoms with Crippen LogP contribution in [0.1, 0.15) is 11.1 Å². The van der Waals surface area contributed by atoms with E-state index in [0.29, 0.717) is 27.0 Å². The molecule has 2 heterocycles. The van der Waals surface area contributed by atoms with Gasteiger partial charge in [0, 0.05) is 11.4 Å². The highest BCUT2D eigenvalue weighted by Crippen LogP contribution is 2.34. The maximum Gasteiger partial charge on any atom is 0.501 e. The van der Waals surface area contributed by atoms with Crippen LogP contribution in [0.15, 0.2) is 53.7 Å². The van der Waals surface area contributed by atoms with Gasteiger partial charge in [-0.3, -0.25) is 0 Å². The van der Waals surface area contributed by atoms with Crippen molar-refractivity contribution in [3.05, 3.63) is 59.9 Å². The molecule has 0 saturated carbocycles. The Hall–Kier alpha value is -3.25. The van der Waals surface area contributed by atoms with E-state index < -0.39 is 20.2 Å². The van der Waals surface area contributed by atoms with Crippen molar-refractivity contribution in [3.8, 4) is 0 Å². The van der Waals surface area contributed by atoms with Gasteiger partial charge in [0.15, 0.2) is 15.8 Å². The molecule has 0 atom stereocenters. The summed E-state index contributed by atoms with van der Waals surface area (Å²) in [7, 11) is -5.41. The molecule has 2 aromatic carbocycles. The Bertz CT molecular complexity index is 1380. The van der Waals surface area contributed by atoms with E-state index in [2.05, 4.69) is 25.6 Å². The highest BCUT2D eigenvalue weighted by atomic mass is 32.2. The van der Waals surface area contributed by atoms with Gasteiger partial charge in [0.2, 0.25) is 0 Å². The number of halogens is 3. The molecule has 166 valence electrons. The highest BCUT2D eigenvalue weighted by molar-refractivity contribution is 7.92. The minimum Gasteiger partial charge on any atom is -0.338 e. The number of fused-ring (bicyclic) bond motifs is 1. The lowest BCUT2D eigenvalue weighted by molar-refractivity contribution is -0.0436. The number of nitrogens with zero attached hydrogens (tertiary/aromatic N) is 3. The first-order chi connectivity index (χ1) is 15.1. The van der Waals surface area contributed by atoms with E-state index in [4.69, 9.17) is 0 Å². The summed E-state index contributed by atoms with van der Waals surface area (Å²) >= 11 is 1.33. The topological polar surface area (TPSA) is 96.9 Å². The molecule has 4 rings (SSSR count). The number of para-hydroxylation sites is 1. The first-order valence-electron chi connectivity index (χ1n) is 9.19. The van der Waals surface area contributed by atoms with E-state index in [1.807, 2.05) is 32.0 Å². The Kier molecular flexibility index (Phi) is 5.51. The third kappa shape index (κ3) is 4.10. The molecular formula is C20H16F3N5O2S2. The van der Waals surface area contributed by atoms with Crippen molar-refractivity contribution < 1.29 is 21.6 Å². The zero-order valence-corrected chi connectivity index (χ0v) is 18.4. The molecule has 2 aromatic heterocycles. The van der Waals surface area contributed by atoms with Crippen LogP contribution in [0.4, 0.5) is 35.5 Å². The van der Waals surface area contributed by atoms with Crippen LogP contribution in [0.2, 0.25) is 0 Å². The first-order valence-corrected chi connectivity index (χ1v) is 11.5. The van der Waals surface area contributed by atoms with Crippen molar-refractivity contribution in [2.75, 3.05) is 10.6 Å². The molecule has 0 aliphatic heterocycles. The minimum atomic E-state index is -5.41. The molecule has 0 unspecified atom stereocenters. The molecular weight excluding hydrogens is 463 g/mol. The van der Waals surface area contributed by atoms with Crippen LogP contribution in [-0.2, 0) is 9.84 Å². The average Bonchev–Trinajstić information content (AvgIpc) is 3.14. The second-order valence-electron chi connectivity index (χ2n) is 6.89. The number of sulfone groups is 1. The zero-order valence-electron chi connectivity index (χ0n) is 16.7. The standard InChI is InChI=1S/C20H16F3N5O2S2/c1-11-4-3-5-12(2)15(11)27-19-28-16-17(24-10-25-18(16)31-19)26-13-6-8-14(9-7-13)32(29,30)20(21,22)23/h3-10H,1-2H3,(H,27,28)(H,24,25,26). The summed E-state index contributed by atoms with van der Waals surface area (Å²) in [6.45, 7) is 3.97. The lowest BCUT2D eigenvalue weighted by Gasteiger charge is -2.10. The fourth-order valence-electron chi connectivity index (χ4n) is 3.01. The molecule has 0 aliphatic carbocycles. The molecule has 0 fully saturated rings. The third-order valence-corrected chi connectivity index (χ3v) is 7.02. The summed E-state index contributed by atoms with van der Waals surface area (Å²) in [6, 6.07) is 10.2. The van der Waals surface area contributed by atoms with Gasteiger partial charge in [-0.15, -0.1) is 0 Å². The zero-order chi connectivity index (χ0) is 23.1. The van der Waals surface area contributed by atoms with E-state index in [1.165, 1.54) is 29.8 Å². The summed E-state index contributed by atoms with van der Waals surface area (Å²) in [5.41, 5.74) is -1.48. The number of thiazole rings is 1. The number of hydrogen-bond acceptors (Lipinski definition) is 8. The number of benzene rings is 2. The van der Waals surface area contributed by atoms with Gasteiger partial charge in [-0.25, -0.2) is 23.4 Å². The van der Waals surface area contributed by atoms with Crippen molar-refractivity contribution in [2.24, 2.45) is 0 Å². The van der Waals surface area contributed by atoms with Crippen LogP contribution in [0, 0.1) is 13.8 Å². The molecule has 0 aliphatic rings. The highest BCUT2D eigenvalue weighted by Gasteiger charge is 2.46. The Morgan fingerprint density at radius 3 is 2.22 bits per heavy atom. The molecule has 0 radical (unpaired) electrons. The molecule has 0 spiro atoms. The van der Waals surface area contributed by atoms with Crippen molar-refractivity contribution in [1.82, 2.24) is 15.0 Å². The molecule has 4 aromatic rings. The minimum absolute atomic E-state index is 0.340. The van der Waals surface area contributed by atoms with Crippen molar-refractivity contribution in [1.29, 1.82) is 0 Å². The van der Waals surface area contributed by atoms with Gasteiger partial charge >= 0.3 is 5.51 Å². The Morgan fingerprint density at radius 1 is 0.938 bits per heavy atom. The molecule has 7 nitrogen and oxygen atoms in total. The lowest BCUT2D eigenvalue weighted by Crippen LogP contribution is -2.23. The van der Waals surface area contributed by atoms with E-state index in [-0.39, 0.29) is 0 Å². The number of alkyl halides is 3. The predicted octanol–water partition coefficient (Wildman–Crippen LogP) is 5.48. The quantitative estimate of drug-likeness (QED) is 0.391. The Morgan fingerprint density at radius 2 is 1.59 bits per heavy atom. The van der Waals surface area contributed by atoms with E-state index >= 15 is 0 Å². The van der Waals surface area contributed by atoms with Gasteiger partial charge in [0.1, 0.15) is 11.8 Å². The number of aromatic nitrogens is 3. The number of anilines is 4. The number of nitrogens with one attached hydrogen (secondary N) is 2. The molecule has 12 heteroatoms. The molecule has 32 heavy (non-hydrogen) atoms. The summed E-state index contributed by atoms with van der Waals surface area (Å²) in [5.74, 6) is 0.340. The molecule has 0 bridgehead atoms. The van der Waals surface area contributed by atoms with Crippen molar-refractivity contribution in [2.45, 2.75) is 24.3 Å². The van der Waals surface area contributed by atoms with Crippen LogP contribution < -0.4 is 10.6 Å². The SMILES string of the molecule is Cc1cccc(C)c1Nc1nc2c(Nc3ccc(S(=O)(=O)C(F)(F)F)cc3)ncnc2s1. The van der Waals surface area contributed by atoms with Crippen LogP contribution in [-0.4, -0.2) is 28.9 Å². The molecule has 0 saturated heterocycles. The smallest absolute Gasteiger partial charge is 0.338 e. The fraction of sp³-hybridized carbons (Fsp3) is 0.150. The number of rotatable bonds is 5. The Labute approximate surface area is 185 Å². The summed E-state index contributed by atoms with van der Waals surface area (Å²) in [6.07, 6.45) is 1.34. The number of aryl methyl sites for hydroxylation is 2. The normalized spacial score (nSPS) is 12.2. The second-order valence-corrected chi connectivity index (χ2v) is 9.80. The Balaban J connectivity index is 1.62. The van der Waals surface area contributed by atoms with Crippen LogP contribution >= 0.6 is 11.3 Å². The van der Waals surface area contributed by atoms with Crippen LogP contribution in [0.5, 0.6) is 0 Å². The van der Waals surface area contributed by atoms with Gasteiger partial charge in [-0.05, 0) is 49.2 Å². The first kappa shape index (κ1) is 22.0. The number of hydrogen-bond donors (Lipinski definition) is 2. The van der Waals surface area contributed by atoms with Gasteiger partial charge < -0.3 is 10.6 Å². The van der Waals surface area contributed by atoms with Gasteiger partial charge in [-0.1, -0.05) is 29.5 Å². The summed E-state index contributed by atoms with van der Waals surface area (Å²) in [5, 5.41) is 6.86. The largest absolute Gasteiger partial charge is 0.501 e.